The number of aromatic carboxylic acids is 1. The fourth-order valence-corrected chi connectivity index (χ4v) is 2.43. The topological polar surface area (TPSA) is 62.2 Å². The average molecular weight is 294 g/mol. The molecule has 0 saturated carbocycles. The molecule has 0 spiro atoms. The highest BCUT2D eigenvalue weighted by molar-refractivity contribution is 5.91. The number of hydrogen-bond donors (Lipinski definition) is 1. The summed E-state index contributed by atoms with van der Waals surface area (Å²) in [7, 11) is 3.60. The van der Waals surface area contributed by atoms with Crippen LogP contribution < -0.4 is 14.4 Å². The van der Waals surface area contributed by atoms with Crippen LogP contribution in [0, 0.1) is 0 Å². The van der Waals surface area contributed by atoms with Gasteiger partial charge < -0.3 is 24.4 Å². The summed E-state index contributed by atoms with van der Waals surface area (Å²) < 4.78 is 11.0. The lowest BCUT2D eigenvalue weighted by Crippen LogP contribution is -2.44. The van der Waals surface area contributed by atoms with Gasteiger partial charge in [0.25, 0.3) is 0 Å². The van der Waals surface area contributed by atoms with E-state index in [0.29, 0.717) is 18.1 Å². The van der Waals surface area contributed by atoms with Gasteiger partial charge in [-0.25, -0.2) is 4.79 Å². The molecule has 1 N–H and O–H groups in total. The number of carboxylic acids is 1. The molecule has 0 amide bonds. The molecule has 1 fully saturated rings. The lowest BCUT2D eigenvalue weighted by atomic mass is 10.1. The number of methoxy groups -OCH3 is 1. The van der Waals surface area contributed by atoms with E-state index in [-0.39, 0.29) is 5.56 Å². The molecule has 2 rings (SSSR count). The number of hydrogen-bond acceptors (Lipinski definition) is 5. The molecule has 1 aliphatic rings. The maximum absolute atomic E-state index is 11.3. The van der Waals surface area contributed by atoms with E-state index in [1.165, 1.54) is 13.2 Å². The Kier molecular flexibility index (Phi) is 4.90. The first-order chi connectivity index (χ1) is 10.1. The van der Waals surface area contributed by atoms with Crippen LogP contribution in [0.2, 0.25) is 0 Å². The van der Waals surface area contributed by atoms with Crippen LogP contribution in [0.1, 0.15) is 17.3 Å². The lowest BCUT2D eigenvalue weighted by Gasteiger charge is -2.35. The molecule has 1 heterocycles. The minimum Gasteiger partial charge on any atom is -0.493 e. The Labute approximate surface area is 124 Å². The van der Waals surface area contributed by atoms with Crippen LogP contribution >= 0.6 is 0 Å². The van der Waals surface area contributed by atoms with Crippen molar-refractivity contribution in [2.24, 2.45) is 0 Å². The van der Waals surface area contributed by atoms with Crippen molar-refractivity contribution in [3.05, 3.63) is 17.7 Å². The second-order valence-corrected chi connectivity index (χ2v) is 5.06. The Morgan fingerprint density at radius 3 is 2.48 bits per heavy atom. The molecule has 1 aliphatic heterocycles. The number of likely N-dealkylation sites (N-methyl/N-ethyl adjacent to an activating group) is 1. The fourth-order valence-electron chi connectivity index (χ4n) is 2.43. The third kappa shape index (κ3) is 3.39. The van der Waals surface area contributed by atoms with Crippen molar-refractivity contribution in [2.45, 2.75) is 6.92 Å². The summed E-state index contributed by atoms with van der Waals surface area (Å²) in [6.45, 7) is 5.95. The zero-order valence-corrected chi connectivity index (χ0v) is 12.8. The summed E-state index contributed by atoms with van der Waals surface area (Å²) in [6.07, 6.45) is 0. The molecule has 6 heteroatoms. The minimum absolute atomic E-state index is 0.212. The second-order valence-electron chi connectivity index (χ2n) is 5.06. The van der Waals surface area contributed by atoms with Gasteiger partial charge in [-0.05, 0) is 26.1 Å². The maximum Gasteiger partial charge on any atom is 0.335 e. The summed E-state index contributed by atoms with van der Waals surface area (Å²) in [5.74, 6) is 0.118. The van der Waals surface area contributed by atoms with Crippen molar-refractivity contribution in [2.75, 3.05) is 51.8 Å². The van der Waals surface area contributed by atoms with Crippen molar-refractivity contribution in [1.82, 2.24) is 4.90 Å². The highest BCUT2D eigenvalue weighted by Gasteiger charge is 2.23. The SMILES string of the molecule is CCOc1c(OC)cc(C(=O)O)cc1N1CCN(C)CC1. The Hall–Kier alpha value is -1.95. The van der Waals surface area contributed by atoms with Crippen LogP contribution in [0.15, 0.2) is 12.1 Å². The molecule has 1 saturated heterocycles. The predicted molar refractivity (Wildman–Crippen MR) is 80.8 cm³/mol. The van der Waals surface area contributed by atoms with E-state index < -0.39 is 5.97 Å². The molecule has 1 aromatic rings. The van der Waals surface area contributed by atoms with Gasteiger partial charge >= 0.3 is 5.97 Å². The number of carbonyl (C=O) groups is 1. The van der Waals surface area contributed by atoms with Crippen molar-refractivity contribution in [1.29, 1.82) is 0 Å². The van der Waals surface area contributed by atoms with Crippen LogP contribution in [0.4, 0.5) is 5.69 Å². The zero-order chi connectivity index (χ0) is 15.4. The summed E-state index contributed by atoms with van der Waals surface area (Å²) >= 11 is 0. The van der Waals surface area contributed by atoms with E-state index >= 15 is 0 Å². The fraction of sp³-hybridized carbons (Fsp3) is 0.533. The molecular formula is C15H22N2O4. The van der Waals surface area contributed by atoms with Crippen LogP contribution in [0.3, 0.4) is 0 Å². The van der Waals surface area contributed by atoms with Crippen LogP contribution in [0.5, 0.6) is 11.5 Å². The average Bonchev–Trinajstić information content (AvgIpc) is 2.48. The van der Waals surface area contributed by atoms with Gasteiger partial charge in [-0.3, -0.25) is 0 Å². The van der Waals surface area contributed by atoms with E-state index in [1.54, 1.807) is 6.07 Å². The van der Waals surface area contributed by atoms with Crippen molar-refractivity contribution in [3.63, 3.8) is 0 Å². The number of rotatable bonds is 5. The lowest BCUT2D eigenvalue weighted by molar-refractivity contribution is 0.0696. The van der Waals surface area contributed by atoms with Crippen molar-refractivity contribution < 1.29 is 19.4 Å². The monoisotopic (exact) mass is 294 g/mol. The largest absolute Gasteiger partial charge is 0.493 e. The van der Waals surface area contributed by atoms with E-state index in [2.05, 4.69) is 16.8 Å². The zero-order valence-electron chi connectivity index (χ0n) is 12.8. The smallest absolute Gasteiger partial charge is 0.335 e. The van der Waals surface area contributed by atoms with Gasteiger partial charge in [0.1, 0.15) is 0 Å². The first-order valence-corrected chi connectivity index (χ1v) is 7.08. The van der Waals surface area contributed by atoms with Gasteiger partial charge in [0.2, 0.25) is 0 Å². The van der Waals surface area contributed by atoms with E-state index in [0.717, 1.165) is 31.9 Å². The predicted octanol–water partition coefficient (Wildman–Crippen LogP) is 1.54. The summed E-state index contributed by atoms with van der Waals surface area (Å²) in [5.41, 5.74) is 1.01. The van der Waals surface area contributed by atoms with Gasteiger partial charge in [0, 0.05) is 26.2 Å². The van der Waals surface area contributed by atoms with E-state index in [9.17, 15) is 9.90 Å². The molecule has 0 unspecified atom stereocenters. The number of nitrogens with zero attached hydrogens (tertiary/aromatic N) is 2. The third-order valence-electron chi connectivity index (χ3n) is 3.63. The van der Waals surface area contributed by atoms with E-state index in [4.69, 9.17) is 9.47 Å². The quantitative estimate of drug-likeness (QED) is 0.889. The first kappa shape index (κ1) is 15.4. The van der Waals surface area contributed by atoms with Crippen LogP contribution in [-0.2, 0) is 0 Å². The summed E-state index contributed by atoms with van der Waals surface area (Å²) in [5, 5.41) is 9.27. The highest BCUT2D eigenvalue weighted by atomic mass is 16.5. The van der Waals surface area contributed by atoms with Crippen LogP contribution in [-0.4, -0.2) is 62.9 Å². The molecule has 0 aliphatic carbocycles. The number of piperazine rings is 1. The van der Waals surface area contributed by atoms with Gasteiger partial charge in [-0.2, -0.15) is 0 Å². The number of anilines is 1. The summed E-state index contributed by atoms with van der Waals surface area (Å²) in [4.78, 5) is 15.7. The van der Waals surface area contributed by atoms with Crippen LogP contribution in [0.25, 0.3) is 0 Å². The van der Waals surface area contributed by atoms with Gasteiger partial charge in [0.05, 0.1) is 25.0 Å². The normalized spacial score (nSPS) is 15.9. The molecule has 0 aromatic heterocycles. The Bertz CT molecular complexity index is 511. The number of ether oxygens (including phenoxy) is 2. The number of carboxylic acid groups (broad SMARTS) is 1. The minimum atomic E-state index is -0.966. The maximum atomic E-state index is 11.3. The molecule has 0 atom stereocenters. The molecule has 6 nitrogen and oxygen atoms in total. The van der Waals surface area contributed by atoms with Crippen molar-refractivity contribution >= 4 is 11.7 Å². The van der Waals surface area contributed by atoms with Gasteiger partial charge in [0.15, 0.2) is 11.5 Å². The standard InChI is InChI=1S/C15H22N2O4/c1-4-21-14-12(17-7-5-16(2)6-8-17)9-11(15(18)19)10-13(14)20-3/h9-10H,4-8H2,1-3H3,(H,18,19). The molecule has 21 heavy (non-hydrogen) atoms. The van der Waals surface area contributed by atoms with Gasteiger partial charge in [-0.1, -0.05) is 0 Å². The first-order valence-electron chi connectivity index (χ1n) is 7.08. The van der Waals surface area contributed by atoms with Crippen molar-refractivity contribution in [3.8, 4) is 11.5 Å². The molecule has 0 bridgehead atoms. The molecule has 116 valence electrons. The molecule has 1 aromatic carbocycles. The third-order valence-corrected chi connectivity index (χ3v) is 3.63. The molecule has 0 radical (unpaired) electrons. The number of benzene rings is 1. The Balaban J connectivity index is 2.44. The molecular weight excluding hydrogens is 272 g/mol. The summed E-state index contributed by atoms with van der Waals surface area (Å²) in [6, 6.07) is 3.17. The Morgan fingerprint density at radius 2 is 1.95 bits per heavy atom. The van der Waals surface area contributed by atoms with E-state index in [1.807, 2.05) is 6.92 Å². The highest BCUT2D eigenvalue weighted by Crippen LogP contribution is 2.39. The second kappa shape index (κ2) is 6.67. The van der Waals surface area contributed by atoms with Gasteiger partial charge in [-0.15, -0.1) is 0 Å². The Morgan fingerprint density at radius 1 is 1.29 bits per heavy atom.